The molecule has 5 aliphatic rings. The first-order valence-corrected chi connectivity index (χ1v) is 14.3. The lowest BCUT2D eigenvalue weighted by Gasteiger charge is -2.57. The molecule has 0 radical (unpaired) electrons. The van der Waals surface area contributed by atoms with E-state index in [1.807, 2.05) is 37.3 Å². The number of ether oxygens (including phenoxy) is 1. The summed E-state index contributed by atoms with van der Waals surface area (Å²) in [6, 6.07) is 14.3. The Bertz CT molecular complexity index is 1190. The van der Waals surface area contributed by atoms with Crippen LogP contribution >= 0.6 is 27.7 Å². The van der Waals surface area contributed by atoms with Crippen molar-refractivity contribution >= 4 is 44.9 Å². The van der Waals surface area contributed by atoms with Gasteiger partial charge in [0.1, 0.15) is 5.75 Å². The number of imide groups is 1. The van der Waals surface area contributed by atoms with Crippen LogP contribution in [0.25, 0.3) is 6.08 Å². The molecule has 0 atom stereocenters. The lowest BCUT2D eigenvalue weighted by molar-refractivity contribution is -0.123. The number of carbonyl (C=O) groups excluding carboxylic acids is 2. The first-order chi connectivity index (χ1) is 16.9. The number of hydrogen-bond acceptors (Lipinski definition) is 4. The molecule has 2 aromatic carbocycles. The number of amides is 2. The van der Waals surface area contributed by atoms with Gasteiger partial charge in [-0.15, -0.1) is 0 Å². The quantitative estimate of drug-likeness (QED) is 0.347. The Hall–Kier alpha value is -2.05. The van der Waals surface area contributed by atoms with Crippen LogP contribution in [0.4, 0.5) is 4.79 Å². The monoisotopic (exact) mass is 551 g/mol. The van der Waals surface area contributed by atoms with E-state index in [4.69, 9.17) is 4.74 Å². The lowest BCUT2D eigenvalue weighted by atomic mass is 9.48. The van der Waals surface area contributed by atoms with Crippen molar-refractivity contribution in [3.63, 3.8) is 0 Å². The third kappa shape index (κ3) is 4.27. The minimum atomic E-state index is -0.238. The standard InChI is InChI=1S/C29H30BrNO3S/c1-2-34-25-8-7-23(29-14-18-9-19(15-29)11-20(10-18)16-29)12-22(25)13-26-27(32)31(28(33)35-26)17-21-5-3-4-6-24(21)30/h3-8,12-13,18-20H,2,9-11,14-17H2,1H3/b26-13+. The van der Waals surface area contributed by atoms with Gasteiger partial charge in [0.25, 0.3) is 11.1 Å². The number of hydrogen-bond donors (Lipinski definition) is 0. The second-order valence-corrected chi connectivity index (χ2v) is 12.6. The number of rotatable bonds is 6. The Balaban J connectivity index is 1.32. The molecule has 4 nitrogen and oxygen atoms in total. The van der Waals surface area contributed by atoms with E-state index in [-0.39, 0.29) is 23.1 Å². The number of halogens is 1. The third-order valence-corrected chi connectivity index (χ3v) is 10.1. The maximum Gasteiger partial charge on any atom is 0.293 e. The molecule has 1 heterocycles. The summed E-state index contributed by atoms with van der Waals surface area (Å²) in [7, 11) is 0. The van der Waals surface area contributed by atoms with Crippen molar-refractivity contribution in [3.8, 4) is 5.75 Å². The zero-order chi connectivity index (χ0) is 24.2. The van der Waals surface area contributed by atoms with E-state index >= 15 is 0 Å². The fourth-order valence-electron chi connectivity index (χ4n) is 7.32. The van der Waals surface area contributed by atoms with Crippen LogP contribution in [0.5, 0.6) is 5.75 Å². The van der Waals surface area contributed by atoms with Crippen molar-refractivity contribution in [2.45, 2.75) is 57.4 Å². The number of benzene rings is 2. The van der Waals surface area contributed by atoms with Gasteiger partial charge in [-0.1, -0.05) is 40.2 Å². The van der Waals surface area contributed by atoms with Crippen LogP contribution in [0.3, 0.4) is 0 Å². The first-order valence-electron chi connectivity index (χ1n) is 12.7. The Morgan fingerprint density at radius 3 is 2.40 bits per heavy atom. The second kappa shape index (κ2) is 9.11. The minimum Gasteiger partial charge on any atom is -0.493 e. The Labute approximate surface area is 219 Å². The van der Waals surface area contributed by atoms with Crippen LogP contribution in [0.15, 0.2) is 51.8 Å². The highest BCUT2D eigenvalue weighted by Gasteiger charge is 2.51. The van der Waals surface area contributed by atoms with E-state index < -0.39 is 0 Å². The zero-order valence-corrected chi connectivity index (χ0v) is 22.4. The molecule has 4 bridgehead atoms. The molecule has 182 valence electrons. The summed E-state index contributed by atoms with van der Waals surface area (Å²) in [6.45, 7) is 2.79. The highest BCUT2D eigenvalue weighted by atomic mass is 79.9. The van der Waals surface area contributed by atoms with E-state index in [9.17, 15) is 9.59 Å². The van der Waals surface area contributed by atoms with Crippen molar-refractivity contribution in [1.82, 2.24) is 4.90 Å². The van der Waals surface area contributed by atoms with E-state index in [1.54, 1.807) is 0 Å². The van der Waals surface area contributed by atoms with Crippen LogP contribution in [0.1, 0.15) is 62.1 Å². The molecule has 35 heavy (non-hydrogen) atoms. The highest BCUT2D eigenvalue weighted by molar-refractivity contribution is 9.10. The van der Waals surface area contributed by atoms with Gasteiger partial charge < -0.3 is 4.74 Å². The molecule has 7 rings (SSSR count). The maximum atomic E-state index is 13.3. The molecule has 1 saturated heterocycles. The SMILES string of the molecule is CCOc1ccc(C23CC4CC(CC(C4)C2)C3)cc1/C=C1/SC(=O)N(Cc2ccccc2Br)C1=O. The average molecular weight is 553 g/mol. The van der Waals surface area contributed by atoms with Crippen molar-refractivity contribution in [2.24, 2.45) is 17.8 Å². The van der Waals surface area contributed by atoms with Gasteiger partial charge in [0.2, 0.25) is 0 Å². The van der Waals surface area contributed by atoms with Crippen LogP contribution in [-0.2, 0) is 16.8 Å². The van der Waals surface area contributed by atoms with Gasteiger partial charge in [-0.2, -0.15) is 0 Å². The molecule has 0 N–H and O–H groups in total. The molecule has 0 unspecified atom stereocenters. The van der Waals surface area contributed by atoms with Gasteiger partial charge in [-0.3, -0.25) is 14.5 Å². The first kappa shape index (κ1) is 23.4. The molecule has 4 saturated carbocycles. The van der Waals surface area contributed by atoms with E-state index in [1.165, 1.54) is 49.0 Å². The Kier molecular flexibility index (Phi) is 6.08. The normalized spacial score (nSPS) is 30.5. The summed E-state index contributed by atoms with van der Waals surface area (Å²) in [4.78, 5) is 27.9. The summed E-state index contributed by atoms with van der Waals surface area (Å²) >= 11 is 4.55. The van der Waals surface area contributed by atoms with Crippen molar-refractivity contribution in [1.29, 1.82) is 0 Å². The Morgan fingerprint density at radius 2 is 1.74 bits per heavy atom. The van der Waals surface area contributed by atoms with Gasteiger partial charge in [-0.25, -0.2) is 0 Å². The second-order valence-electron chi connectivity index (χ2n) is 10.7. The average Bonchev–Trinajstić information content (AvgIpc) is 3.08. The van der Waals surface area contributed by atoms with Crippen LogP contribution in [-0.4, -0.2) is 22.7 Å². The summed E-state index contributed by atoms with van der Waals surface area (Å²) in [5, 5.41) is -0.229. The summed E-state index contributed by atoms with van der Waals surface area (Å²) in [5.41, 5.74) is 3.47. The van der Waals surface area contributed by atoms with Crippen molar-refractivity contribution < 1.29 is 14.3 Å². The van der Waals surface area contributed by atoms with E-state index in [0.29, 0.717) is 11.5 Å². The fraction of sp³-hybridized carbons (Fsp3) is 0.448. The lowest BCUT2D eigenvalue weighted by Crippen LogP contribution is -2.48. The van der Waals surface area contributed by atoms with Crippen molar-refractivity contribution in [3.05, 3.63) is 68.5 Å². The number of nitrogens with zero attached hydrogens (tertiary/aromatic N) is 1. The topological polar surface area (TPSA) is 46.6 Å². The highest BCUT2D eigenvalue weighted by Crippen LogP contribution is 2.61. The fourth-order valence-corrected chi connectivity index (χ4v) is 8.56. The summed E-state index contributed by atoms with van der Waals surface area (Å²) in [6.07, 6.45) is 9.97. The predicted octanol–water partition coefficient (Wildman–Crippen LogP) is 7.55. The van der Waals surface area contributed by atoms with Gasteiger partial charge in [-0.05, 0) is 116 Å². The number of thioether (sulfide) groups is 1. The van der Waals surface area contributed by atoms with E-state index in [2.05, 4.69) is 34.1 Å². The minimum absolute atomic E-state index is 0.229. The van der Waals surface area contributed by atoms with Crippen LogP contribution < -0.4 is 4.74 Å². The molecule has 2 aromatic rings. The molecule has 2 amide bonds. The summed E-state index contributed by atoms with van der Waals surface area (Å²) < 4.78 is 6.85. The van der Waals surface area contributed by atoms with Gasteiger partial charge in [0.15, 0.2) is 0 Å². The van der Waals surface area contributed by atoms with Crippen LogP contribution in [0.2, 0.25) is 0 Å². The molecule has 4 aliphatic carbocycles. The zero-order valence-electron chi connectivity index (χ0n) is 20.0. The smallest absolute Gasteiger partial charge is 0.293 e. The predicted molar refractivity (Wildman–Crippen MR) is 143 cm³/mol. The third-order valence-electron chi connectivity index (χ3n) is 8.41. The molecule has 0 aromatic heterocycles. The van der Waals surface area contributed by atoms with Gasteiger partial charge in [0, 0.05) is 10.0 Å². The van der Waals surface area contributed by atoms with Crippen molar-refractivity contribution in [2.75, 3.05) is 6.61 Å². The van der Waals surface area contributed by atoms with E-state index in [0.717, 1.165) is 50.9 Å². The Morgan fingerprint density at radius 1 is 1.06 bits per heavy atom. The molecule has 0 spiro atoms. The molecule has 5 fully saturated rings. The number of carbonyl (C=O) groups is 2. The van der Waals surface area contributed by atoms with Gasteiger partial charge >= 0.3 is 0 Å². The largest absolute Gasteiger partial charge is 0.493 e. The molecule has 1 aliphatic heterocycles. The molecular weight excluding hydrogens is 522 g/mol. The molecular formula is C29H30BrNO3S. The maximum absolute atomic E-state index is 13.3. The van der Waals surface area contributed by atoms with Crippen LogP contribution in [0, 0.1) is 17.8 Å². The summed E-state index contributed by atoms with van der Waals surface area (Å²) in [5.74, 6) is 3.14. The van der Waals surface area contributed by atoms with Gasteiger partial charge in [0.05, 0.1) is 18.1 Å². The molecule has 6 heteroatoms.